The Balaban J connectivity index is 1.39. The summed E-state index contributed by atoms with van der Waals surface area (Å²) in [7, 11) is 0. The van der Waals surface area contributed by atoms with E-state index in [4.69, 9.17) is 9.44 Å². The third-order valence-electron chi connectivity index (χ3n) is 11.1. The smallest absolute Gasteiger partial charge is 0.197 e. The van der Waals surface area contributed by atoms with Gasteiger partial charge in [-0.05, 0) is 110 Å². The summed E-state index contributed by atoms with van der Waals surface area (Å²) in [5.74, 6) is 6.24. The number of hydrogen-bond acceptors (Lipinski definition) is 5. The van der Waals surface area contributed by atoms with Gasteiger partial charge in [0.05, 0.1) is 6.10 Å². The summed E-state index contributed by atoms with van der Waals surface area (Å²) in [4.78, 5) is 0. The highest BCUT2D eigenvalue weighted by atomic mass is 32.2. The van der Waals surface area contributed by atoms with Crippen LogP contribution in [-0.2, 0) is 13.6 Å². The maximum atomic E-state index is 8.34. The van der Waals surface area contributed by atoms with Crippen LogP contribution in [0.3, 0.4) is 0 Å². The topological polar surface area (TPSA) is 47.9 Å². The normalized spacial score (nSPS) is 44.7. The van der Waals surface area contributed by atoms with Gasteiger partial charge in [-0.3, -0.25) is 4.18 Å². The lowest BCUT2D eigenvalue weighted by Crippen LogP contribution is -2.54. The van der Waals surface area contributed by atoms with Crippen molar-refractivity contribution >= 4 is 12.3 Å². The molecule has 4 rings (SSSR count). The average molecular weight is 469 g/mol. The van der Waals surface area contributed by atoms with Crippen LogP contribution < -0.4 is 0 Å². The summed E-state index contributed by atoms with van der Waals surface area (Å²) in [6.07, 6.45) is 16.6. The van der Waals surface area contributed by atoms with E-state index in [1.54, 1.807) is 0 Å². The van der Waals surface area contributed by atoms with Crippen molar-refractivity contribution < 1.29 is 18.8 Å². The van der Waals surface area contributed by atoms with Gasteiger partial charge in [-0.1, -0.05) is 58.9 Å². The zero-order chi connectivity index (χ0) is 22.9. The Bertz CT molecular complexity index is 614. The first-order valence-electron chi connectivity index (χ1n) is 13.6. The second kappa shape index (κ2) is 10.4. The van der Waals surface area contributed by atoms with Crippen molar-refractivity contribution in [2.24, 2.45) is 52.3 Å². The minimum atomic E-state index is 0.209. The molecule has 1 N–H and O–H groups in total. The van der Waals surface area contributed by atoms with Crippen LogP contribution >= 0.6 is 12.3 Å². The monoisotopic (exact) mass is 468 g/mol. The first-order valence-corrected chi connectivity index (χ1v) is 14.3. The molecule has 0 aromatic carbocycles. The summed E-state index contributed by atoms with van der Waals surface area (Å²) < 4.78 is 10.2. The zero-order valence-corrected chi connectivity index (χ0v) is 22.0. The highest BCUT2D eigenvalue weighted by molar-refractivity contribution is 7.89. The Morgan fingerprint density at radius 2 is 1.66 bits per heavy atom. The van der Waals surface area contributed by atoms with Gasteiger partial charge in [-0.2, -0.15) is 0 Å². The van der Waals surface area contributed by atoms with Crippen LogP contribution in [0.4, 0.5) is 0 Å². The molecule has 4 aliphatic carbocycles. The molecule has 0 radical (unpaired) electrons. The molecule has 4 aliphatic rings. The maximum absolute atomic E-state index is 8.34. The standard InChI is InChI=1S/C27H48O4S/c1-18(2)7-6-8-19(3)23-11-12-24-22-10-9-20-17-21(29-32-31-30-28)13-15-26(20,4)25(22)14-16-27(23,24)5/h18-25,28H,6-17H2,1-5H3/t19?,20?,21-,22-,23?,24?,25?,26-,27+/m0/s1. The van der Waals surface area contributed by atoms with Crippen molar-refractivity contribution in [3.8, 4) is 0 Å². The third-order valence-corrected chi connectivity index (χ3v) is 11.5. The molecule has 0 heterocycles. The van der Waals surface area contributed by atoms with Crippen molar-refractivity contribution in [2.75, 3.05) is 0 Å². The quantitative estimate of drug-likeness (QED) is 0.159. The Labute approximate surface area is 201 Å². The zero-order valence-electron chi connectivity index (χ0n) is 21.2. The molecule has 0 spiro atoms. The second-order valence-corrected chi connectivity index (χ2v) is 13.4. The van der Waals surface area contributed by atoms with Crippen molar-refractivity contribution in [2.45, 2.75) is 118 Å². The maximum Gasteiger partial charge on any atom is 0.197 e. The van der Waals surface area contributed by atoms with E-state index in [1.165, 1.54) is 64.2 Å². The van der Waals surface area contributed by atoms with Crippen LogP contribution in [0.1, 0.15) is 112 Å². The van der Waals surface area contributed by atoms with Gasteiger partial charge < -0.3 is 0 Å². The van der Waals surface area contributed by atoms with Gasteiger partial charge in [0.15, 0.2) is 12.3 Å². The molecule has 4 fully saturated rings. The van der Waals surface area contributed by atoms with E-state index in [-0.39, 0.29) is 6.10 Å². The van der Waals surface area contributed by atoms with Gasteiger partial charge in [-0.25, -0.2) is 5.26 Å². The summed E-state index contributed by atoms with van der Waals surface area (Å²) >= 11 is 0.770. The van der Waals surface area contributed by atoms with E-state index >= 15 is 0 Å². The molecule has 0 aromatic heterocycles. The summed E-state index contributed by atoms with van der Waals surface area (Å²) in [5.41, 5.74) is 1.06. The fourth-order valence-corrected chi connectivity index (χ4v) is 9.76. The van der Waals surface area contributed by atoms with E-state index in [2.05, 4.69) is 44.0 Å². The molecule has 186 valence electrons. The molecule has 4 saturated carbocycles. The molecule has 5 heteroatoms. The van der Waals surface area contributed by atoms with Crippen LogP contribution in [0.5, 0.6) is 0 Å². The lowest BCUT2D eigenvalue weighted by atomic mass is 9.44. The number of fused-ring (bicyclic) bond motifs is 5. The van der Waals surface area contributed by atoms with Gasteiger partial charge in [0, 0.05) is 0 Å². The Morgan fingerprint density at radius 1 is 0.906 bits per heavy atom. The van der Waals surface area contributed by atoms with Crippen molar-refractivity contribution in [1.29, 1.82) is 0 Å². The Morgan fingerprint density at radius 3 is 2.41 bits per heavy atom. The van der Waals surface area contributed by atoms with Crippen LogP contribution in [0.15, 0.2) is 0 Å². The predicted molar refractivity (Wildman–Crippen MR) is 130 cm³/mol. The molecule has 0 aliphatic heterocycles. The minimum absolute atomic E-state index is 0.209. The molecule has 0 bridgehead atoms. The SMILES string of the molecule is CC(C)CCCC(C)C1CCC2[C@@H]3CCC4C[C@@H](OSOOO)CC[C@]4(C)C3CC[C@]12C. The molecule has 32 heavy (non-hydrogen) atoms. The first kappa shape index (κ1) is 25.3. The van der Waals surface area contributed by atoms with Gasteiger partial charge >= 0.3 is 0 Å². The van der Waals surface area contributed by atoms with Gasteiger partial charge in [0.2, 0.25) is 0 Å². The van der Waals surface area contributed by atoms with E-state index < -0.39 is 0 Å². The highest BCUT2D eigenvalue weighted by Crippen LogP contribution is 2.68. The summed E-state index contributed by atoms with van der Waals surface area (Å²) in [5, 5.41) is 12.0. The highest BCUT2D eigenvalue weighted by Gasteiger charge is 2.60. The average Bonchev–Trinajstić information content (AvgIpc) is 3.11. The summed E-state index contributed by atoms with van der Waals surface area (Å²) in [6.45, 7) is 12.6. The van der Waals surface area contributed by atoms with E-state index in [0.717, 1.165) is 66.6 Å². The van der Waals surface area contributed by atoms with Crippen LogP contribution in [0.2, 0.25) is 0 Å². The van der Waals surface area contributed by atoms with Gasteiger partial charge in [0.1, 0.15) is 0 Å². The fraction of sp³-hybridized carbons (Fsp3) is 1.00. The van der Waals surface area contributed by atoms with Gasteiger partial charge in [0.25, 0.3) is 0 Å². The Kier molecular flexibility index (Phi) is 8.25. The van der Waals surface area contributed by atoms with E-state index in [1.807, 2.05) is 0 Å². The van der Waals surface area contributed by atoms with E-state index in [9.17, 15) is 0 Å². The van der Waals surface area contributed by atoms with Crippen molar-refractivity contribution in [3.63, 3.8) is 0 Å². The van der Waals surface area contributed by atoms with Crippen molar-refractivity contribution in [3.05, 3.63) is 0 Å². The molecule has 9 atom stereocenters. The number of rotatable bonds is 9. The molecule has 0 amide bonds. The van der Waals surface area contributed by atoms with Crippen LogP contribution in [-0.4, -0.2) is 11.4 Å². The van der Waals surface area contributed by atoms with Crippen LogP contribution in [0.25, 0.3) is 0 Å². The number of hydrogen-bond donors (Lipinski definition) is 1. The molecule has 0 saturated heterocycles. The third kappa shape index (κ3) is 4.80. The van der Waals surface area contributed by atoms with E-state index in [0.29, 0.717) is 10.8 Å². The minimum Gasteiger partial charge on any atom is -0.286 e. The molecular weight excluding hydrogens is 420 g/mol. The van der Waals surface area contributed by atoms with Gasteiger partial charge in [-0.15, -0.1) is 4.33 Å². The largest absolute Gasteiger partial charge is 0.286 e. The second-order valence-electron chi connectivity index (χ2n) is 12.9. The summed E-state index contributed by atoms with van der Waals surface area (Å²) in [6, 6.07) is 0. The lowest BCUT2D eigenvalue weighted by molar-refractivity contribution is -0.434. The van der Waals surface area contributed by atoms with Crippen LogP contribution in [0, 0.1) is 52.3 Å². The molecule has 0 aromatic rings. The molecule has 5 unspecified atom stereocenters. The first-order chi connectivity index (χ1) is 15.3. The Hall–Kier alpha value is 0.190. The molecular formula is C27H48O4S. The lowest BCUT2D eigenvalue weighted by Gasteiger charge is -2.61. The predicted octanol–water partition coefficient (Wildman–Crippen LogP) is 8.48. The fourth-order valence-electron chi connectivity index (χ4n) is 9.41. The molecule has 4 nitrogen and oxygen atoms in total. The van der Waals surface area contributed by atoms with Crippen molar-refractivity contribution in [1.82, 2.24) is 0 Å².